The first-order valence-electron chi connectivity index (χ1n) is 5.07. The average molecular weight is 259 g/mol. The predicted molar refractivity (Wildman–Crippen MR) is 62.0 cm³/mol. The molecule has 0 bridgehead atoms. The average Bonchev–Trinajstić information content (AvgIpc) is 2.29. The van der Waals surface area contributed by atoms with Gasteiger partial charge in [-0.2, -0.15) is 5.10 Å². The van der Waals surface area contributed by atoms with Gasteiger partial charge in [-0.25, -0.2) is 9.89 Å². The van der Waals surface area contributed by atoms with Gasteiger partial charge in [-0.1, -0.05) is 18.7 Å². The Morgan fingerprint density at radius 1 is 1.53 bits per heavy atom. The highest BCUT2D eigenvalue weighted by molar-refractivity contribution is 8.00. The van der Waals surface area contributed by atoms with Gasteiger partial charge >= 0.3 is 11.7 Å². The molecule has 7 nitrogen and oxygen atoms in total. The number of ether oxygens (including phenoxy) is 1. The van der Waals surface area contributed by atoms with Crippen LogP contribution in [0.25, 0.3) is 0 Å². The molecule has 1 heterocycles. The number of rotatable bonds is 5. The van der Waals surface area contributed by atoms with Crippen molar-refractivity contribution < 1.29 is 9.53 Å². The number of hydrogen-bond acceptors (Lipinski definition) is 6. The van der Waals surface area contributed by atoms with Crippen molar-refractivity contribution in [2.45, 2.75) is 30.5 Å². The molecule has 0 radical (unpaired) electrons. The number of aromatic amines is 2. The van der Waals surface area contributed by atoms with E-state index in [1.807, 2.05) is 11.9 Å². The Labute approximate surface area is 101 Å². The monoisotopic (exact) mass is 259 g/mol. The van der Waals surface area contributed by atoms with E-state index in [9.17, 15) is 14.4 Å². The summed E-state index contributed by atoms with van der Waals surface area (Å²) in [7, 11) is 0. The van der Waals surface area contributed by atoms with E-state index < -0.39 is 22.5 Å². The fourth-order valence-electron chi connectivity index (χ4n) is 0.952. The Kier molecular flexibility index (Phi) is 4.95. The van der Waals surface area contributed by atoms with Gasteiger partial charge in [0.2, 0.25) is 0 Å². The molecule has 0 aliphatic carbocycles. The van der Waals surface area contributed by atoms with Crippen LogP contribution in [0.15, 0.2) is 14.6 Å². The summed E-state index contributed by atoms with van der Waals surface area (Å²) in [5, 5.41) is 5.13. The van der Waals surface area contributed by atoms with E-state index >= 15 is 0 Å². The molecule has 0 saturated carbocycles. The highest BCUT2D eigenvalue weighted by Crippen LogP contribution is 2.17. The molecule has 0 amide bonds. The van der Waals surface area contributed by atoms with Crippen molar-refractivity contribution in [1.29, 1.82) is 0 Å². The number of carbonyl (C=O) groups is 1. The van der Waals surface area contributed by atoms with Gasteiger partial charge in [-0.15, -0.1) is 0 Å². The highest BCUT2D eigenvalue weighted by Gasteiger charge is 2.18. The molecule has 17 heavy (non-hydrogen) atoms. The fourth-order valence-corrected chi connectivity index (χ4v) is 1.71. The Morgan fingerprint density at radius 3 is 2.82 bits per heavy atom. The molecule has 1 aromatic rings. The molecular formula is C9H13N3O4S. The first kappa shape index (κ1) is 13.5. The number of thioether (sulfide) groups is 1. The Balaban J connectivity index is 2.67. The Hall–Kier alpha value is -1.57. The quantitative estimate of drug-likeness (QED) is 0.564. The van der Waals surface area contributed by atoms with E-state index in [4.69, 9.17) is 4.74 Å². The zero-order valence-corrected chi connectivity index (χ0v) is 10.3. The summed E-state index contributed by atoms with van der Waals surface area (Å²) in [6, 6.07) is 0. The SMILES string of the molecule is CCCOC(=O)[C@@H](C)Sc1n[nH]c(=O)[nH]c1=O. The van der Waals surface area contributed by atoms with Gasteiger partial charge in [0, 0.05) is 0 Å². The molecule has 0 aliphatic rings. The third-order valence-corrected chi connectivity index (χ3v) is 2.80. The molecule has 2 N–H and O–H groups in total. The molecule has 94 valence electrons. The summed E-state index contributed by atoms with van der Waals surface area (Å²) in [5.41, 5.74) is -1.30. The third-order valence-electron chi connectivity index (χ3n) is 1.75. The maximum Gasteiger partial charge on any atom is 0.342 e. The van der Waals surface area contributed by atoms with Crippen LogP contribution in [0.1, 0.15) is 20.3 Å². The molecule has 0 spiro atoms. The van der Waals surface area contributed by atoms with Crippen molar-refractivity contribution in [2.24, 2.45) is 0 Å². The summed E-state index contributed by atoms with van der Waals surface area (Å²) >= 11 is 0.938. The second-order valence-corrected chi connectivity index (χ2v) is 4.57. The second kappa shape index (κ2) is 6.24. The van der Waals surface area contributed by atoms with Gasteiger partial charge in [0.05, 0.1) is 6.61 Å². The van der Waals surface area contributed by atoms with Crippen LogP contribution in [0.5, 0.6) is 0 Å². The van der Waals surface area contributed by atoms with Crippen molar-refractivity contribution >= 4 is 17.7 Å². The van der Waals surface area contributed by atoms with Crippen molar-refractivity contribution in [1.82, 2.24) is 15.2 Å². The zero-order valence-electron chi connectivity index (χ0n) is 9.48. The molecule has 1 atom stereocenters. The van der Waals surface area contributed by atoms with Crippen LogP contribution >= 0.6 is 11.8 Å². The molecule has 0 fully saturated rings. The van der Waals surface area contributed by atoms with Gasteiger partial charge < -0.3 is 4.74 Å². The summed E-state index contributed by atoms with van der Waals surface area (Å²) < 4.78 is 4.92. The molecule has 1 aromatic heterocycles. The lowest BCUT2D eigenvalue weighted by Gasteiger charge is -2.08. The summed E-state index contributed by atoms with van der Waals surface area (Å²) in [4.78, 5) is 35.5. The predicted octanol–water partition coefficient (Wildman–Crippen LogP) is -0.108. The van der Waals surface area contributed by atoms with Gasteiger partial charge in [-0.05, 0) is 13.3 Å². The van der Waals surface area contributed by atoms with Crippen molar-refractivity contribution in [3.05, 3.63) is 20.8 Å². The number of nitrogens with one attached hydrogen (secondary N) is 2. The minimum absolute atomic E-state index is 0.0329. The molecule has 0 aliphatic heterocycles. The van der Waals surface area contributed by atoms with E-state index in [0.717, 1.165) is 18.2 Å². The lowest BCUT2D eigenvalue weighted by atomic mass is 10.5. The van der Waals surface area contributed by atoms with Crippen LogP contribution < -0.4 is 11.2 Å². The number of esters is 1. The number of H-pyrrole nitrogens is 2. The zero-order chi connectivity index (χ0) is 12.8. The number of hydrogen-bond donors (Lipinski definition) is 2. The molecular weight excluding hydrogens is 246 g/mol. The second-order valence-electron chi connectivity index (χ2n) is 3.24. The first-order chi connectivity index (χ1) is 8.04. The molecule has 8 heteroatoms. The van der Waals surface area contributed by atoms with E-state index in [1.165, 1.54) is 0 Å². The number of aromatic nitrogens is 3. The van der Waals surface area contributed by atoms with Crippen LogP contribution in [0.3, 0.4) is 0 Å². The third kappa shape index (κ3) is 4.06. The minimum atomic E-state index is -0.680. The van der Waals surface area contributed by atoms with Crippen LogP contribution in [0.2, 0.25) is 0 Å². The van der Waals surface area contributed by atoms with Crippen LogP contribution in [-0.4, -0.2) is 33.0 Å². The van der Waals surface area contributed by atoms with Gasteiger partial charge in [0.15, 0.2) is 5.03 Å². The summed E-state index contributed by atoms with van der Waals surface area (Å²) in [6.07, 6.45) is 0.737. The van der Waals surface area contributed by atoms with E-state index in [0.29, 0.717) is 6.61 Å². The lowest BCUT2D eigenvalue weighted by Crippen LogP contribution is -2.27. The first-order valence-corrected chi connectivity index (χ1v) is 5.94. The van der Waals surface area contributed by atoms with Gasteiger partial charge in [0.25, 0.3) is 5.56 Å². The van der Waals surface area contributed by atoms with Gasteiger partial charge in [-0.3, -0.25) is 14.6 Å². The molecule has 0 unspecified atom stereocenters. The Morgan fingerprint density at radius 2 is 2.24 bits per heavy atom. The normalized spacial score (nSPS) is 12.1. The van der Waals surface area contributed by atoms with Crippen LogP contribution in [-0.2, 0) is 9.53 Å². The lowest BCUT2D eigenvalue weighted by molar-refractivity contribution is -0.142. The largest absolute Gasteiger partial charge is 0.465 e. The van der Waals surface area contributed by atoms with E-state index in [2.05, 4.69) is 10.2 Å². The summed E-state index contributed by atoms with van der Waals surface area (Å²) in [5.74, 6) is -0.413. The fraction of sp³-hybridized carbons (Fsp3) is 0.556. The molecule has 0 aromatic carbocycles. The Bertz CT molecular complexity index is 496. The molecule has 0 saturated heterocycles. The number of carbonyl (C=O) groups excluding carboxylic acids is 1. The van der Waals surface area contributed by atoms with Gasteiger partial charge in [0.1, 0.15) is 5.25 Å². The maximum atomic E-state index is 11.4. The van der Waals surface area contributed by atoms with Crippen LogP contribution in [0.4, 0.5) is 0 Å². The molecule has 1 rings (SSSR count). The summed E-state index contributed by atoms with van der Waals surface area (Å²) in [6.45, 7) is 3.84. The number of nitrogens with zero attached hydrogens (tertiary/aromatic N) is 1. The van der Waals surface area contributed by atoms with Crippen molar-refractivity contribution in [2.75, 3.05) is 6.61 Å². The van der Waals surface area contributed by atoms with E-state index in [1.54, 1.807) is 6.92 Å². The van der Waals surface area contributed by atoms with Crippen LogP contribution in [0, 0.1) is 0 Å². The van der Waals surface area contributed by atoms with E-state index in [-0.39, 0.29) is 5.03 Å². The van der Waals surface area contributed by atoms with Crippen molar-refractivity contribution in [3.8, 4) is 0 Å². The standard InChI is InChI=1S/C9H13N3O4S/c1-3-4-16-8(14)5(2)17-7-6(13)10-9(15)12-11-7/h5H,3-4H2,1-2H3,(H2,10,12,13,15)/t5-/m1/s1. The maximum absolute atomic E-state index is 11.4. The topological polar surface area (TPSA) is 105 Å². The minimum Gasteiger partial charge on any atom is -0.465 e. The van der Waals surface area contributed by atoms with Crippen molar-refractivity contribution in [3.63, 3.8) is 0 Å². The smallest absolute Gasteiger partial charge is 0.342 e. The highest BCUT2D eigenvalue weighted by atomic mass is 32.2.